The monoisotopic (exact) mass is 265 g/mol. The molecule has 0 bridgehead atoms. The number of hydrogen-bond acceptors (Lipinski definition) is 2. The zero-order valence-corrected chi connectivity index (χ0v) is 12.0. The molecule has 1 aromatic rings. The second-order valence-corrected chi connectivity index (χ2v) is 6.91. The van der Waals surface area contributed by atoms with Crippen LogP contribution >= 0.6 is 0 Å². The quantitative estimate of drug-likeness (QED) is 0.844. The fraction of sp³-hybridized carbons (Fsp3) is 0.600. The van der Waals surface area contributed by atoms with Crippen LogP contribution in [0.4, 0.5) is 5.69 Å². The predicted octanol–water partition coefficient (Wildman–Crippen LogP) is 3.66. The second-order valence-electron chi connectivity index (χ2n) is 5.37. The Kier molecular flexibility index (Phi) is 4.81. The molecule has 1 aliphatic rings. The van der Waals surface area contributed by atoms with Crippen LogP contribution in [0.5, 0.6) is 0 Å². The molecule has 1 atom stereocenters. The number of nitrogens with two attached hydrogens (primary N) is 1. The molecule has 0 aromatic heterocycles. The molecule has 2 rings (SSSR count). The van der Waals surface area contributed by atoms with E-state index in [2.05, 4.69) is 0 Å². The Balaban J connectivity index is 1.92. The van der Waals surface area contributed by atoms with Gasteiger partial charge in [0.15, 0.2) is 0 Å². The first-order valence-electron chi connectivity index (χ1n) is 6.91. The Bertz CT molecular complexity index is 425. The Morgan fingerprint density at radius 3 is 2.72 bits per heavy atom. The molecule has 18 heavy (non-hydrogen) atoms. The van der Waals surface area contributed by atoms with E-state index in [0.29, 0.717) is 5.69 Å². The summed E-state index contributed by atoms with van der Waals surface area (Å²) in [5, 5.41) is 0. The number of rotatable bonds is 4. The fourth-order valence-electron chi connectivity index (χ4n) is 2.72. The molecule has 0 aliphatic heterocycles. The van der Waals surface area contributed by atoms with Gasteiger partial charge in [-0.3, -0.25) is 4.21 Å². The van der Waals surface area contributed by atoms with Crippen molar-refractivity contribution in [2.75, 3.05) is 11.5 Å². The summed E-state index contributed by atoms with van der Waals surface area (Å²) in [5.41, 5.74) is 7.57. The third kappa shape index (κ3) is 3.58. The summed E-state index contributed by atoms with van der Waals surface area (Å²) in [5.74, 6) is 1.58. The van der Waals surface area contributed by atoms with Crippen LogP contribution in [0, 0.1) is 12.8 Å². The molecule has 2 nitrogen and oxygen atoms in total. The Hall–Kier alpha value is -0.830. The van der Waals surface area contributed by atoms with Crippen molar-refractivity contribution in [3.05, 3.63) is 23.8 Å². The van der Waals surface area contributed by atoms with Gasteiger partial charge in [-0.15, -0.1) is 0 Å². The third-order valence-electron chi connectivity index (χ3n) is 3.89. The molecule has 1 fully saturated rings. The maximum absolute atomic E-state index is 12.3. The maximum atomic E-state index is 12.3. The SMILES string of the molecule is Cc1ccc(N)cc1S(=O)CCC1CCCCC1. The topological polar surface area (TPSA) is 43.1 Å². The van der Waals surface area contributed by atoms with E-state index in [1.807, 2.05) is 25.1 Å². The van der Waals surface area contributed by atoms with Gasteiger partial charge in [-0.05, 0) is 37.0 Å². The molecule has 100 valence electrons. The maximum Gasteiger partial charge on any atom is 0.0533 e. The lowest BCUT2D eigenvalue weighted by atomic mass is 9.88. The molecule has 0 spiro atoms. The first kappa shape index (κ1) is 13.6. The summed E-state index contributed by atoms with van der Waals surface area (Å²) in [6, 6.07) is 5.70. The minimum absolute atomic E-state index is 0.710. The van der Waals surface area contributed by atoms with Gasteiger partial charge in [-0.2, -0.15) is 0 Å². The summed E-state index contributed by atoms with van der Waals surface area (Å²) < 4.78 is 12.3. The fourth-order valence-corrected chi connectivity index (χ4v) is 4.18. The van der Waals surface area contributed by atoms with Crippen molar-refractivity contribution >= 4 is 16.5 Å². The number of hydrogen-bond donors (Lipinski definition) is 1. The van der Waals surface area contributed by atoms with Crippen molar-refractivity contribution in [2.24, 2.45) is 5.92 Å². The molecule has 0 saturated heterocycles. The number of anilines is 1. The van der Waals surface area contributed by atoms with Crippen LogP contribution in [-0.2, 0) is 10.8 Å². The van der Waals surface area contributed by atoms with Gasteiger partial charge in [0.25, 0.3) is 0 Å². The van der Waals surface area contributed by atoms with Crippen molar-refractivity contribution in [1.82, 2.24) is 0 Å². The summed E-state index contributed by atoms with van der Waals surface area (Å²) in [4.78, 5) is 0.922. The van der Waals surface area contributed by atoms with Crippen LogP contribution in [0.2, 0.25) is 0 Å². The van der Waals surface area contributed by atoms with Gasteiger partial charge in [0.2, 0.25) is 0 Å². The highest BCUT2D eigenvalue weighted by Gasteiger charge is 2.15. The van der Waals surface area contributed by atoms with Crippen LogP contribution in [0.15, 0.2) is 23.1 Å². The molecule has 0 radical (unpaired) electrons. The van der Waals surface area contributed by atoms with Gasteiger partial charge in [-0.1, -0.05) is 38.2 Å². The van der Waals surface area contributed by atoms with Crippen molar-refractivity contribution in [1.29, 1.82) is 0 Å². The lowest BCUT2D eigenvalue weighted by molar-refractivity contribution is 0.351. The van der Waals surface area contributed by atoms with Crippen LogP contribution in [0.1, 0.15) is 44.1 Å². The molecule has 1 saturated carbocycles. The third-order valence-corrected chi connectivity index (χ3v) is 5.43. The lowest BCUT2D eigenvalue weighted by Gasteiger charge is -2.21. The van der Waals surface area contributed by atoms with E-state index in [9.17, 15) is 4.21 Å². The average Bonchev–Trinajstić information content (AvgIpc) is 2.40. The molecular formula is C15H23NOS. The van der Waals surface area contributed by atoms with Crippen molar-refractivity contribution in [3.63, 3.8) is 0 Å². The van der Waals surface area contributed by atoms with E-state index in [1.54, 1.807) is 0 Å². The van der Waals surface area contributed by atoms with Crippen LogP contribution in [-0.4, -0.2) is 9.96 Å². The van der Waals surface area contributed by atoms with Crippen molar-refractivity contribution in [3.8, 4) is 0 Å². The van der Waals surface area contributed by atoms with Gasteiger partial charge in [0.05, 0.1) is 10.8 Å². The summed E-state index contributed by atoms with van der Waals surface area (Å²) in [6.07, 6.45) is 7.85. The molecule has 3 heteroatoms. The molecule has 0 heterocycles. The highest BCUT2D eigenvalue weighted by Crippen LogP contribution is 2.27. The smallest absolute Gasteiger partial charge is 0.0533 e. The zero-order chi connectivity index (χ0) is 13.0. The normalized spacial score (nSPS) is 18.7. The zero-order valence-electron chi connectivity index (χ0n) is 11.2. The Labute approximate surface area is 112 Å². The summed E-state index contributed by atoms with van der Waals surface area (Å²) >= 11 is 0. The summed E-state index contributed by atoms with van der Waals surface area (Å²) in [6.45, 7) is 2.01. The summed E-state index contributed by atoms with van der Waals surface area (Å²) in [7, 11) is -0.887. The number of nitrogen functional groups attached to an aromatic ring is 1. The van der Waals surface area contributed by atoms with E-state index in [4.69, 9.17) is 5.73 Å². The van der Waals surface area contributed by atoms with Gasteiger partial charge in [0.1, 0.15) is 0 Å². The van der Waals surface area contributed by atoms with Gasteiger partial charge in [-0.25, -0.2) is 0 Å². The molecule has 0 amide bonds. The molecule has 2 N–H and O–H groups in total. The number of aryl methyl sites for hydroxylation is 1. The van der Waals surface area contributed by atoms with Gasteiger partial charge in [0, 0.05) is 16.3 Å². The van der Waals surface area contributed by atoms with Crippen molar-refractivity contribution in [2.45, 2.75) is 50.3 Å². The lowest BCUT2D eigenvalue weighted by Crippen LogP contribution is -2.11. The number of benzene rings is 1. The van der Waals surface area contributed by atoms with E-state index in [-0.39, 0.29) is 0 Å². The first-order chi connectivity index (χ1) is 8.66. The average molecular weight is 265 g/mol. The van der Waals surface area contributed by atoms with Gasteiger partial charge >= 0.3 is 0 Å². The highest BCUT2D eigenvalue weighted by atomic mass is 32.2. The molecule has 1 aliphatic carbocycles. The highest BCUT2D eigenvalue weighted by molar-refractivity contribution is 7.85. The molecule has 1 aromatic carbocycles. The standard InChI is InChI=1S/C15H23NOS/c1-12-7-8-14(16)11-15(12)18(17)10-9-13-5-3-2-4-6-13/h7-8,11,13H,2-6,9-10,16H2,1H3. The van der Waals surface area contributed by atoms with Crippen LogP contribution in [0.25, 0.3) is 0 Å². The van der Waals surface area contributed by atoms with Crippen LogP contribution in [0.3, 0.4) is 0 Å². The predicted molar refractivity (Wildman–Crippen MR) is 78.1 cm³/mol. The van der Waals surface area contributed by atoms with E-state index in [1.165, 1.54) is 32.1 Å². The Morgan fingerprint density at radius 1 is 1.28 bits per heavy atom. The Morgan fingerprint density at radius 2 is 2.00 bits per heavy atom. The minimum atomic E-state index is -0.887. The van der Waals surface area contributed by atoms with E-state index >= 15 is 0 Å². The second kappa shape index (κ2) is 6.37. The molecular weight excluding hydrogens is 242 g/mol. The largest absolute Gasteiger partial charge is 0.399 e. The van der Waals surface area contributed by atoms with E-state index < -0.39 is 10.8 Å². The van der Waals surface area contributed by atoms with Crippen LogP contribution < -0.4 is 5.73 Å². The molecule has 1 unspecified atom stereocenters. The van der Waals surface area contributed by atoms with Crippen molar-refractivity contribution < 1.29 is 4.21 Å². The van der Waals surface area contributed by atoms with Gasteiger partial charge < -0.3 is 5.73 Å². The minimum Gasteiger partial charge on any atom is -0.399 e. The van der Waals surface area contributed by atoms with E-state index in [0.717, 1.165) is 28.6 Å². The first-order valence-corrected chi connectivity index (χ1v) is 8.23.